The van der Waals surface area contributed by atoms with Gasteiger partial charge in [0, 0.05) is 5.92 Å². The highest BCUT2D eigenvalue weighted by Crippen LogP contribution is 2.44. The number of rotatable bonds is 8. The Morgan fingerprint density at radius 1 is 1.06 bits per heavy atom. The van der Waals surface area contributed by atoms with Gasteiger partial charge < -0.3 is 30.1 Å². The number of fused-ring (bicyclic) bond motifs is 3. The zero-order valence-electron chi connectivity index (χ0n) is 18.3. The van der Waals surface area contributed by atoms with E-state index in [0.29, 0.717) is 0 Å². The van der Waals surface area contributed by atoms with Gasteiger partial charge in [-0.15, -0.1) is 0 Å². The van der Waals surface area contributed by atoms with E-state index in [1.807, 2.05) is 48.5 Å². The summed E-state index contributed by atoms with van der Waals surface area (Å²) in [6.45, 7) is 0.524. The lowest BCUT2D eigenvalue weighted by molar-refractivity contribution is -0.155. The standard InChI is InChI=1S/C24H23N3O7/c1-24(32,22(29)30)13-26-21(28)19-12-34-27-20(19)10-25-23(31)33-11-18-16-8-4-2-6-14(16)15-7-3-5-9-17(15)18/h2-9,12,18,32H,10-11,13H2,1H3,(H,25,31)(H,26,28)(H,29,30). The van der Waals surface area contributed by atoms with E-state index < -0.39 is 30.1 Å². The molecule has 10 heteroatoms. The molecule has 1 atom stereocenters. The average Bonchev–Trinajstić information content (AvgIpc) is 3.42. The van der Waals surface area contributed by atoms with E-state index in [1.165, 1.54) is 0 Å². The van der Waals surface area contributed by atoms with Gasteiger partial charge in [0.05, 0.1) is 13.1 Å². The van der Waals surface area contributed by atoms with Crippen molar-refractivity contribution < 1.29 is 33.9 Å². The number of ether oxygens (including phenoxy) is 1. The van der Waals surface area contributed by atoms with Crippen molar-refractivity contribution in [1.82, 2.24) is 15.8 Å². The first-order chi connectivity index (χ1) is 16.3. The van der Waals surface area contributed by atoms with Crippen molar-refractivity contribution in [2.45, 2.75) is 25.0 Å². The lowest BCUT2D eigenvalue weighted by Gasteiger charge is -2.18. The second kappa shape index (κ2) is 9.36. The van der Waals surface area contributed by atoms with Crippen molar-refractivity contribution in [3.05, 3.63) is 77.2 Å². The summed E-state index contributed by atoms with van der Waals surface area (Å²) >= 11 is 0. The second-order valence-electron chi connectivity index (χ2n) is 8.12. The monoisotopic (exact) mass is 465 g/mol. The van der Waals surface area contributed by atoms with Crippen molar-refractivity contribution in [3.63, 3.8) is 0 Å². The van der Waals surface area contributed by atoms with Crippen LogP contribution in [0.25, 0.3) is 11.1 Å². The van der Waals surface area contributed by atoms with Gasteiger partial charge in [0.25, 0.3) is 5.91 Å². The van der Waals surface area contributed by atoms with Crippen molar-refractivity contribution in [1.29, 1.82) is 0 Å². The quantitative estimate of drug-likeness (QED) is 0.396. The highest BCUT2D eigenvalue weighted by atomic mass is 16.5. The number of alkyl carbamates (subject to hydrolysis) is 1. The minimum atomic E-state index is -2.13. The zero-order valence-corrected chi connectivity index (χ0v) is 18.3. The molecule has 4 rings (SSSR count). The Kier molecular flexibility index (Phi) is 6.33. The van der Waals surface area contributed by atoms with E-state index >= 15 is 0 Å². The van der Waals surface area contributed by atoms with Crippen LogP contribution in [-0.4, -0.2) is 52.1 Å². The molecule has 1 heterocycles. The molecule has 0 saturated heterocycles. The Labute approximate surface area is 194 Å². The third-order valence-electron chi connectivity index (χ3n) is 5.69. The van der Waals surface area contributed by atoms with E-state index in [4.69, 9.17) is 14.4 Å². The van der Waals surface area contributed by atoms with Gasteiger partial charge >= 0.3 is 12.1 Å². The Morgan fingerprint density at radius 3 is 2.29 bits per heavy atom. The van der Waals surface area contributed by atoms with E-state index in [9.17, 15) is 19.5 Å². The number of amides is 2. The van der Waals surface area contributed by atoms with Crippen molar-refractivity contribution in [2.75, 3.05) is 13.2 Å². The summed E-state index contributed by atoms with van der Waals surface area (Å²) in [6, 6.07) is 16.0. The summed E-state index contributed by atoms with van der Waals surface area (Å²) in [7, 11) is 0. The summed E-state index contributed by atoms with van der Waals surface area (Å²) in [5, 5.41) is 27.2. The van der Waals surface area contributed by atoms with Crippen LogP contribution in [0.4, 0.5) is 4.79 Å². The number of carboxylic acids is 1. The molecular weight excluding hydrogens is 442 g/mol. The molecule has 176 valence electrons. The van der Waals surface area contributed by atoms with E-state index in [-0.39, 0.29) is 30.3 Å². The number of nitrogens with one attached hydrogen (secondary N) is 2. The molecule has 2 amide bonds. The maximum atomic E-state index is 12.3. The maximum Gasteiger partial charge on any atom is 0.407 e. The molecule has 3 aromatic rings. The zero-order chi connectivity index (χ0) is 24.3. The third-order valence-corrected chi connectivity index (χ3v) is 5.69. The molecule has 0 saturated carbocycles. The number of carbonyl (C=O) groups excluding carboxylic acids is 2. The first-order valence-electron chi connectivity index (χ1n) is 10.5. The number of hydrogen-bond acceptors (Lipinski definition) is 7. The summed E-state index contributed by atoms with van der Waals surface area (Å²) in [4.78, 5) is 35.6. The number of aliphatic carboxylic acids is 1. The smallest absolute Gasteiger partial charge is 0.407 e. The fourth-order valence-corrected chi connectivity index (χ4v) is 3.80. The van der Waals surface area contributed by atoms with Crippen LogP contribution in [0, 0.1) is 0 Å². The Morgan fingerprint density at radius 2 is 1.68 bits per heavy atom. The second-order valence-corrected chi connectivity index (χ2v) is 8.12. The van der Waals surface area contributed by atoms with E-state index in [1.54, 1.807) is 0 Å². The van der Waals surface area contributed by atoms with Gasteiger partial charge in [-0.05, 0) is 29.2 Å². The lowest BCUT2D eigenvalue weighted by Crippen LogP contribution is -2.46. The molecular formula is C24H23N3O7. The van der Waals surface area contributed by atoms with Gasteiger partial charge in [-0.3, -0.25) is 4.79 Å². The molecule has 0 fully saturated rings. The number of carboxylic acid groups (broad SMARTS) is 1. The predicted octanol–water partition coefficient (Wildman–Crippen LogP) is 2.28. The number of aromatic nitrogens is 1. The SMILES string of the molecule is CC(O)(CNC(=O)c1conc1CNC(=O)OCC1c2ccccc2-c2ccccc21)C(=O)O. The molecule has 1 unspecified atom stereocenters. The number of nitrogens with zero attached hydrogens (tertiary/aromatic N) is 1. The van der Waals surface area contributed by atoms with Gasteiger partial charge in [0.1, 0.15) is 24.1 Å². The first kappa shape index (κ1) is 23.0. The normalized spacial score (nSPS) is 13.9. The number of aliphatic hydroxyl groups is 1. The Hall–Kier alpha value is -4.18. The molecule has 2 aromatic carbocycles. The van der Waals surface area contributed by atoms with Crippen molar-refractivity contribution in [2.24, 2.45) is 0 Å². The minimum absolute atomic E-state index is 0.000126. The fourth-order valence-electron chi connectivity index (χ4n) is 3.80. The summed E-state index contributed by atoms with van der Waals surface area (Å²) in [6.07, 6.45) is 0.379. The number of hydrogen-bond donors (Lipinski definition) is 4. The topological polar surface area (TPSA) is 151 Å². The van der Waals surface area contributed by atoms with Crippen LogP contribution in [0.15, 0.2) is 59.3 Å². The van der Waals surface area contributed by atoms with Gasteiger partial charge in [-0.25, -0.2) is 9.59 Å². The largest absolute Gasteiger partial charge is 0.479 e. The van der Waals surface area contributed by atoms with Crippen LogP contribution >= 0.6 is 0 Å². The lowest BCUT2D eigenvalue weighted by atomic mass is 9.98. The molecule has 0 spiro atoms. The van der Waals surface area contributed by atoms with Crippen LogP contribution in [0.3, 0.4) is 0 Å². The number of benzene rings is 2. The number of carbonyl (C=O) groups is 3. The Balaban J connectivity index is 1.33. The molecule has 1 aliphatic carbocycles. The van der Waals surface area contributed by atoms with Crippen LogP contribution in [0.2, 0.25) is 0 Å². The van der Waals surface area contributed by atoms with Crippen LogP contribution in [0.5, 0.6) is 0 Å². The molecule has 1 aromatic heterocycles. The van der Waals surface area contributed by atoms with Crippen LogP contribution in [-0.2, 0) is 16.1 Å². The molecule has 34 heavy (non-hydrogen) atoms. The van der Waals surface area contributed by atoms with Gasteiger partial charge in [-0.1, -0.05) is 53.7 Å². The highest BCUT2D eigenvalue weighted by Gasteiger charge is 2.31. The van der Waals surface area contributed by atoms with Gasteiger partial charge in [0.2, 0.25) is 0 Å². The first-order valence-corrected chi connectivity index (χ1v) is 10.5. The van der Waals surface area contributed by atoms with E-state index in [2.05, 4.69) is 15.8 Å². The van der Waals surface area contributed by atoms with Crippen LogP contribution in [0.1, 0.15) is 40.0 Å². The molecule has 10 nitrogen and oxygen atoms in total. The highest BCUT2D eigenvalue weighted by molar-refractivity contribution is 5.95. The van der Waals surface area contributed by atoms with Crippen LogP contribution < -0.4 is 10.6 Å². The fraction of sp³-hybridized carbons (Fsp3) is 0.250. The van der Waals surface area contributed by atoms with Gasteiger partial charge in [0.15, 0.2) is 5.60 Å². The summed E-state index contributed by atoms with van der Waals surface area (Å²) in [5.74, 6) is -2.27. The predicted molar refractivity (Wildman–Crippen MR) is 119 cm³/mol. The molecule has 0 radical (unpaired) electrons. The van der Waals surface area contributed by atoms with Crippen molar-refractivity contribution >= 4 is 18.0 Å². The molecule has 1 aliphatic rings. The van der Waals surface area contributed by atoms with Crippen molar-refractivity contribution in [3.8, 4) is 11.1 Å². The van der Waals surface area contributed by atoms with E-state index in [0.717, 1.165) is 35.4 Å². The average molecular weight is 465 g/mol. The Bertz CT molecular complexity index is 1190. The van der Waals surface area contributed by atoms with Gasteiger partial charge in [-0.2, -0.15) is 0 Å². The summed E-state index contributed by atoms with van der Waals surface area (Å²) < 4.78 is 10.3. The minimum Gasteiger partial charge on any atom is -0.479 e. The molecule has 0 bridgehead atoms. The molecule has 4 N–H and O–H groups in total. The molecule has 0 aliphatic heterocycles. The third kappa shape index (κ3) is 4.62. The maximum absolute atomic E-state index is 12.3. The summed E-state index contributed by atoms with van der Waals surface area (Å²) in [5.41, 5.74) is 2.40.